The molecule has 13 heteroatoms. The summed E-state index contributed by atoms with van der Waals surface area (Å²) in [4.78, 5) is 15.3. The Morgan fingerprint density at radius 2 is 1.67 bits per heavy atom. The molecular formula is C30H37N3O8S2. The average Bonchev–Trinajstić information content (AvgIpc) is 2.98. The van der Waals surface area contributed by atoms with Crippen LogP contribution in [-0.2, 0) is 20.0 Å². The summed E-state index contributed by atoms with van der Waals surface area (Å²) in [5.74, 6) is -0.407. The molecule has 1 aliphatic heterocycles. The van der Waals surface area contributed by atoms with Crippen LogP contribution in [0.4, 0.5) is 5.69 Å². The predicted octanol–water partition coefficient (Wildman–Crippen LogP) is 3.35. The molecule has 1 aliphatic rings. The number of nitrogens with zero attached hydrogens (tertiary/aromatic N) is 2. The minimum Gasteiger partial charge on any atom is -0.497 e. The van der Waals surface area contributed by atoms with Crippen molar-refractivity contribution in [3.05, 3.63) is 77.9 Å². The number of ether oxygens (including phenoxy) is 2. The molecule has 1 heterocycles. The number of aliphatic hydroxyl groups is 1. The number of carbonyl (C=O) groups is 1. The number of aryl methyl sites for hydroxylation is 1. The lowest BCUT2D eigenvalue weighted by Crippen LogP contribution is -2.50. The highest BCUT2D eigenvalue weighted by Crippen LogP contribution is 2.36. The number of sulfonamides is 2. The van der Waals surface area contributed by atoms with Gasteiger partial charge in [-0.15, -0.1) is 0 Å². The van der Waals surface area contributed by atoms with Gasteiger partial charge in [0.25, 0.3) is 15.9 Å². The number of likely N-dealkylation sites (N-methyl/N-ethyl adjacent to an activating group) is 1. The van der Waals surface area contributed by atoms with E-state index in [4.69, 9.17) is 9.47 Å². The third-order valence-corrected chi connectivity index (χ3v) is 10.7. The predicted molar refractivity (Wildman–Crippen MR) is 162 cm³/mol. The number of benzene rings is 3. The average molecular weight is 632 g/mol. The Morgan fingerprint density at radius 1 is 1.05 bits per heavy atom. The van der Waals surface area contributed by atoms with E-state index in [1.807, 2.05) is 13.8 Å². The first-order valence-corrected chi connectivity index (χ1v) is 16.6. The van der Waals surface area contributed by atoms with Crippen LogP contribution in [0.25, 0.3) is 0 Å². The van der Waals surface area contributed by atoms with Crippen molar-refractivity contribution in [3.8, 4) is 11.5 Å². The van der Waals surface area contributed by atoms with Gasteiger partial charge in [0.05, 0.1) is 47.3 Å². The van der Waals surface area contributed by atoms with E-state index in [1.165, 1.54) is 78.0 Å². The van der Waals surface area contributed by atoms with E-state index >= 15 is 0 Å². The van der Waals surface area contributed by atoms with Crippen molar-refractivity contribution in [1.29, 1.82) is 0 Å². The molecule has 232 valence electrons. The number of fused-ring (bicyclic) bond motifs is 1. The van der Waals surface area contributed by atoms with E-state index < -0.39 is 44.0 Å². The van der Waals surface area contributed by atoms with E-state index in [1.54, 1.807) is 19.1 Å². The molecule has 0 aromatic heterocycles. The van der Waals surface area contributed by atoms with E-state index in [2.05, 4.69) is 4.72 Å². The van der Waals surface area contributed by atoms with Gasteiger partial charge in [0, 0.05) is 19.5 Å². The quantitative estimate of drug-likeness (QED) is 0.347. The largest absolute Gasteiger partial charge is 0.497 e. The van der Waals surface area contributed by atoms with Crippen LogP contribution < -0.4 is 14.2 Å². The molecule has 1 amide bonds. The minimum atomic E-state index is -4.12. The Kier molecular flexibility index (Phi) is 9.70. The number of hydrogen-bond acceptors (Lipinski definition) is 8. The second-order valence-corrected chi connectivity index (χ2v) is 14.4. The van der Waals surface area contributed by atoms with Crippen LogP contribution in [0.1, 0.15) is 29.8 Å². The first kappa shape index (κ1) is 32.3. The number of hydrogen-bond donors (Lipinski definition) is 2. The molecule has 4 rings (SSSR count). The molecule has 3 aromatic carbocycles. The van der Waals surface area contributed by atoms with Crippen molar-refractivity contribution >= 4 is 31.6 Å². The zero-order valence-corrected chi connectivity index (χ0v) is 26.4. The van der Waals surface area contributed by atoms with Gasteiger partial charge in [-0.25, -0.2) is 16.8 Å². The zero-order chi connectivity index (χ0) is 31.5. The number of nitrogens with one attached hydrogen (secondary N) is 1. The van der Waals surface area contributed by atoms with Gasteiger partial charge >= 0.3 is 0 Å². The monoisotopic (exact) mass is 631 g/mol. The van der Waals surface area contributed by atoms with Crippen LogP contribution in [0, 0.1) is 12.8 Å². The van der Waals surface area contributed by atoms with Crippen molar-refractivity contribution < 1.29 is 36.2 Å². The van der Waals surface area contributed by atoms with Crippen LogP contribution in [0.15, 0.2) is 76.5 Å². The standard InChI is InChI=1S/C30H37N3O8S2/c1-20-9-13-25(14-10-20)43(38,39)32(4)18-28-21(2)17-33(22(3)19-34)30(35)26-7-6-8-27(29(26)41-28)31-42(36,37)24-15-11-23(40-5)12-16-24/h6-16,21-22,28,31,34H,17-19H2,1-5H3/t21-,22-,28+/m0/s1. The summed E-state index contributed by atoms with van der Waals surface area (Å²) in [7, 11) is -5.09. The summed E-state index contributed by atoms with van der Waals surface area (Å²) in [6, 6.07) is 16.3. The maximum Gasteiger partial charge on any atom is 0.262 e. The molecule has 2 N–H and O–H groups in total. The lowest BCUT2D eigenvalue weighted by atomic mass is 9.99. The van der Waals surface area contributed by atoms with E-state index in [9.17, 15) is 26.7 Å². The highest BCUT2D eigenvalue weighted by atomic mass is 32.2. The summed E-state index contributed by atoms with van der Waals surface area (Å²) in [6.45, 7) is 5.16. The van der Waals surface area contributed by atoms with Gasteiger partial charge < -0.3 is 19.5 Å². The normalized spacial score (nSPS) is 18.3. The smallest absolute Gasteiger partial charge is 0.262 e. The fourth-order valence-corrected chi connectivity index (χ4v) is 6.99. The van der Waals surface area contributed by atoms with E-state index in [0.717, 1.165) is 5.56 Å². The highest BCUT2D eigenvalue weighted by molar-refractivity contribution is 7.92. The molecule has 0 saturated carbocycles. The molecule has 0 bridgehead atoms. The third-order valence-electron chi connectivity index (χ3n) is 7.47. The second kappa shape index (κ2) is 12.9. The van der Waals surface area contributed by atoms with Gasteiger partial charge in [0.2, 0.25) is 10.0 Å². The van der Waals surface area contributed by atoms with E-state index in [0.29, 0.717) is 5.75 Å². The lowest BCUT2D eigenvalue weighted by molar-refractivity contribution is 0.0389. The molecular weight excluding hydrogens is 594 g/mol. The molecule has 0 unspecified atom stereocenters. The van der Waals surface area contributed by atoms with Crippen LogP contribution in [0.3, 0.4) is 0 Å². The van der Waals surface area contributed by atoms with Crippen LogP contribution in [-0.4, -0.2) is 83.1 Å². The van der Waals surface area contributed by atoms with Crippen molar-refractivity contribution in [1.82, 2.24) is 9.21 Å². The third kappa shape index (κ3) is 6.96. The number of amides is 1. The molecule has 0 fully saturated rings. The molecule has 11 nitrogen and oxygen atoms in total. The van der Waals surface area contributed by atoms with Crippen LogP contribution >= 0.6 is 0 Å². The summed E-state index contributed by atoms with van der Waals surface area (Å²) in [6.07, 6.45) is -0.794. The number of carbonyl (C=O) groups excluding carboxylic acids is 1. The SMILES string of the molecule is COc1ccc(S(=O)(=O)Nc2cccc3c2O[C@H](CN(C)S(=O)(=O)c2ccc(C)cc2)[C@@H](C)CN([C@@H](C)CO)C3=O)cc1. The fraction of sp³-hybridized carbons (Fsp3) is 0.367. The van der Waals surface area contributed by atoms with Gasteiger partial charge in [-0.05, 0) is 62.4 Å². The zero-order valence-electron chi connectivity index (χ0n) is 24.7. The molecule has 0 aliphatic carbocycles. The van der Waals surface area contributed by atoms with Crippen molar-refractivity contribution in [2.75, 3.05) is 38.6 Å². The Bertz CT molecular complexity index is 1660. The molecule has 43 heavy (non-hydrogen) atoms. The van der Waals surface area contributed by atoms with Crippen LogP contribution in [0.5, 0.6) is 11.5 Å². The van der Waals surface area contributed by atoms with Gasteiger partial charge in [0.1, 0.15) is 11.9 Å². The number of methoxy groups -OCH3 is 1. The number of rotatable bonds is 10. The Morgan fingerprint density at radius 3 is 2.28 bits per heavy atom. The number of aliphatic hydroxyl groups excluding tert-OH is 1. The maximum absolute atomic E-state index is 13.7. The van der Waals surface area contributed by atoms with E-state index in [-0.39, 0.29) is 46.5 Å². The van der Waals surface area contributed by atoms with Gasteiger partial charge in [0.15, 0.2) is 5.75 Å². The maximum atomic E-state index is 13.7. The molecule has 0 spiro atoms. The summed E-state index contributed by atoms with van der Waals surface area (Å²) < 4.78 is 68.8. The lowest BCUT2D eigenvalue weighted by Gasteiger charge is -2.38. The van der Waals surface area contributed by atoms with Crippen LogP contribution in [0.2, 0.25) is 0 Å². The van der Waals surface area contributed by atoms with Gasteiger partial charge in [-0.3, -0.25) is 9.52 Å². The number of anilines is 1. The molecule has 0 saturated heterocycles. The molecule has 3 aromatic rings. The van der Waals surface area contributed by atoms with Crippen molar-refractivity contribution in [2.24, 2.45) is 5.92 Å². The first-order chi connectivity index (χ1) is 20.3. The topological polar surface area (TPSA) is 143 Å². The van der Waals surface area contributed by atoms with Gasteiger partial charge in [-0.2, -0.15) is 4.31 Å². The number of para-hydroxylation sites is 1. The minimum absolute atomic E-state index is 0.0152. The summed E-state index contributed by atoms with van der Waals surface area (Å²) in [5, 5.41) is 9.92. The highest BCUT2D eigenvalue weighted by Gasteiger charge is 2.36. The second-order valence-electron chi connectivity index (χ2n) is 10.7. The van der Waals surface area contributed by atoms with Crippen molar-refractivity contribution in [3.63, 3.8) is 0 Å². The first-order valence-electron chi connectivity index (χ1n) is 13.7. The molecule has 3 atom stereocenters. The summed E-state index contributed by atoms with van der Waals surface area (Å²) in [5.41, 5.74) is 1.01. The summed E-state index contributed by atoms with van der Waals surface area (Å²) >= 11 is 0. The Labute approximate surface area is 253 Å². The van der Waals surface area contributed by atoms with Crippen molar-refractivity contribution in [2.45, 2.75) is 42.7 Å². The Hall–Kier alpha value is -3.65. The Balaban J connectivity index is 1.75. The fourth-order valence-electron chi connectivity index (χ4n) is 4.74. The van der Waals surface area contributed by atoms with Gasteiger partial charge in [-0.1, -0.05) is 30.7 Å². The molecule has 0 radical (unpaired) electrons.